The zero-order chi connectivity index (χ0) is 13.4. The number of hydrogen-bond acceptors (Lipinski definition) is 4. The molecule has 102 valence electrons. The van der Waals surface area contributed by atoms with E-state index in [4.69, 9.17) is 4.42 Å². The predicted octanol–water partition coefficient (Wildman–Crippen LogP) is 1.15. The minimum Gasteiger partial charge on any atom is -0.455 e. The van der Waals surface area contributed by atoms with E-state index in [-0.39, 0.29) is 11.7 Å². The fourth-order valence-electron chi connectivity index (χ4n) is 2.86. The lowest BCUT2D eigenvalue weighted by atomic mass is 9.94. The fourth-order valence-corrected chi connectivity index (χ4v) is 2.86. The van der Waals surface area contributed by atoms with E-state index in [2.05, 4.69) is 5.32 Å². The van der Waals surface area contributed by atoms with Crippen LogP contribution in [0.4, 0.5) is 0 Å². The normalized spacial score (nSPS) is 19.4. The third-order valence-corrected chi connectivity index (χ3v) is 3.90. The van der Waals surface area contributed by atoms with Gasteiger partial charge in [0.05, 0.1) is 5.56 Å². The highest BCUT2D eigenvalue weighted by Gasteiger charge is 2.31. The summed E-state index contributed by atoms with van der Waals surface area (Å²) in [5.74, 6) is 1.09. The number of rotatable bonds is 1. The van der Waals surface area contributed by atoms with Crippen LogP contribution in [0.25, 0.3) is 0 Å². The maximum atomic E-state index is 12.4. The van der Waals surface area contributed by atoms with Crippen LogP contribution in [0.3, 0.4) is 0 Å². The van der Waals surface area contributed by atoms with E-state index < -0.39 is 0 Å². The van der Waals surface area contributed by atoms with Crippen molar-refractivity contribution in [3.05, 3.63) is 22.6 Å². The monoisotopic (exact) mass is 262 g/mol. The molecule has 2 heterocycles. The molecule has 1 aliphatic heterocycles. The molecule has 1 N–H and O–H groups in total. The van der Waals surface area contributed by atoms with Crippen molar-refractivity contribution < 1.29 is 14.0 Å². The molecule has 1 aromatic heterocycles. The lowest BCUT2D eigenvalue weighted by Crippen LogP contribution is -2.46. The van der Waals surface area contributed by atoms with Crippen molar-refractivity contribution in [3.63, 3.8) is 0 Å². The third kappa shape index (κ3) is 2.08. The summed E-state index contributed by atoms with van der Waals surface area (Å²) in [6, 6.07) is 0. The maximum absolute atomic E-state index is 12.4. The lowest BCUT2D eigenvalue weighted by molar-refractivity contribution is 0.0700. The second-order valence-electron chi connectivity index (χ2n) is 5.17. The summed E-state index contributed by atoms with van der Waals surface area (Å²) in [5, 5.41) is 3.21. The number of nitrogens with one attached hydrogen (secondary N) is 1. The van der Waals surface area contributed by atoms with Gasteiger partial charge >= 0.3 is 0 Å². The van der Waals surface area contributed by atoms with Gasteiger partial charge in [-0.3, -0.25) is 9.59 Å². The fraction of sp³-hybridized carbons (Fsp3) is 0.571. The number of carbonyl (C=O) groups excluding carboxylic acids is 2. The summed E-state index contributed by atoms with van der Waals surface area (Å²) in [4.78, 5) is 26.2. The highest BCUT2D eigenvalue weighted by Crippen LogP contribution is 2.30. The van der Waals surface area contributed by atoms with Crippen molar-refractivity contribution in [2.24, 2.45) is 0 Å². The summed E-state index contributed by atoms with van der Waals surface area (Å²) < 4.78 is 5.69. The zero-order valence-corrected chi connectivity index (χ0v) is 11.1. The van der Waals surface area contributed by atoms with Gasteiger partial charge in [0.2, 0.25) is 0 Å². The molecule has 0 aromatic carbocycles. The molecule has 0 atom stereocenters. The van der Waals surface area contributed by atoms with Crippen molar-refractivity contribution in [3.8, 4) is 0 Å². The zero-order valence-electron chi connectivity index (χ0n) is 11.1. The topological polar surface area (TPSA) is 62.6 Å². The van der Waals surface area contributed by atoms with E-state index in [1.54, 1.807) is 4.90 Å². The Hall–Kier alpha value is -1.62. The van der Waals surface area contributed by atoms with Crippen molar-refractivity contribution in [2.75, 3.05) is 26.2 Å². The van der Waals surface area contributed by atoms with Crippen molar-refractivity contribution in [1.82, 2.24) is 10.2 Å². The highest BCUT2D eigenvalue weighted by atomic mass is 16.4. The molecule has 0 spiro atoms. The Morgan fingerprint density at radius 2 is 2.00 bits per heavy atom. The summed E-state index contributed by atoms with van der Waals surface area (Å²) in [7, 11) is 0. The molecule has 0 saturated carbocycles. The average molecular weight is 262 g/mol. The highest BCUT2D eigenvalue weighted by molar-refractivity contribution is 6.03. The van der Waals surface area contributed by atoms with Gasteiger partial charge in [0, 0.05) is 44.6 Å². The Balaban J connectivity index is 1.92. The Morgan fingerprint density at radius 1 is 1.26 bits per heavy atom. The minimum absolute atomic E-state index is 0.0822. The number of hydrogen-bond donors (Lipinski definition) is 1. The molecule has 1 aromatic rings. The lowest BCUT2D eigenvalue weighted by Gasteiger charge is -2.26. The first kappa shape index (κ1) is 12.4. The average Bonchev–Trinajstić information content (AvgIpc) is 2.78. The first-order valence-corrected chi connectivity index (χ1v) is 6.84. The summed E-state index contributed by atoms with van der Waals surface area (Å²) >= 11 is 0. The van der Waals surface area contributed by atoms with Crippen LogP contribution in [-0.4, -0.2) is 42.8 Å². The second kappa shape index (κ2) is 4.81. The van der Waals surface area contributed by atoms with Gasteiger partial charge < -0.3 is 14.6 Å². The van der Waals surface area contributed by atoms with Gasteiger partial charge in [0.1, 0.15) is 5.76 Å². The molecule has 0 unspecified atom stereocenters. The summed E-state index contributed by atoms with van der Waals surface area (Å²) in [6.45, 7) is 4.82. The molecule has 2 aliphatic rings. The first-order valence-electron chi connectivity index (χ1n) is 6.84. The summed E-state index contributed by atoms with van der Waals surface area (Å²) in [5.41, 5.74) is 1.38. The third-order valence-electron chi connectivity index (χ3n) is 3.90. The van der Waals surface area contributed by atoms with Gasteiger partial charge in [-0.2, -0.15) is 0 Å². The predicted molar refractivity (Wildman–Crippen MR) is 69.5 cm³/mol. The number of fused-ring (bicyclic) bond motifs is 1. The molecular formula is C14H18N2O3. The van der Waals surface area contributed by atoms with Crippen molar-refractivity contribution >= 4 is 11.7 Å². The number of piperazine rings is 1. The Morgan fingerprint density at radius 3 is 2.68 bits per heavy atom. The van der Waals surface area contributed by atoms with Gasteiger partial charge in [-0.05, 0) is 13.3 Å². The van der Waals surface area contributed by atoms with Crippen LogP contribution in [0, 0.1) is 6.92 Å². The molecule has 1 fully saturated rings. The molecule has 3 rings (SSSR count). The van der Waals surface area contributed by atoms with Gasteiger partial charge in [0.25, 0.3) is 5.91 Å². The molecule has 0 bridgehead atoms. The molecule has 5 nitrogen and oxygen atoms in total. The van der Waals surface area contributed by atoms with Crippen LogP contribution in [0.1, 0.15) is 45.1 Å². The molecule has 1 saturated heterocycles. The Bertz CT molecular complexity index is 527. The van der Waals surface area contributed by atoms with Crippen molar-refractivity contribution in [2.45, 2.75) is 26.2 Å². The maximum Gasteiger partial charge on any atom is 0.289 e. The number of ketones is 1. The van der Waals surface area contributed by atoms with Gasteiger partial charge in [-0.1, -0.05) is 0 Å². The molecular weight excluding hydrogens is 244 g/mol. The second-order valence-corrected chi connectivity index (χ2v) is 5.17. The number of aryl methyl sites for hydroxylation is 1. The SMILES string of the molecule is Cc1c(C(=O)N2CCNCC2)oc2c1C(=O)CCC2. The van der Waals surface area contributed by atoms with E-state index in [0.29, 0.717) is 36.6 Å². The van der Waals surface area contributed by atoms with Crippen LogP contribution in [-0.2, 0) is 6.42 Å². The molecule has 0 radical (unpaired) electrons. The van der Waals surface area contributed by atoms with E-state index in [9.17, 15) is 9.59 Å². The number of carbonyl (C=O) groups is 2. The van der Waals surface area contributed by atoms with E-state index >= 15 is 0 Å². The van der Waals surface area contributed by atoms with Crippen LogP contribution >= 0.6 is 0 Å². The smallest absolute Gasteiger partial charge is 0.289 e. The molecule has 5 heteroatoms. The standard InChI is InChI=1S/C14H18N2O3/c1-9-12-10(17)3-2-4-11(12)19-13(9)14(18)16-7-5-15-6-8-16/h15H,2-8H2,1H3. The van der Waals surface area contributed by atoms with E-state index in [0.717, 1.165) is 31.5 Å². The number of amides is 1. The molecule has 1 aliphatic carbocycles. The summed E-state index contributed by atoms with van der Waals surface area (Å²) in [6.07, 6.45) is 2.14. The quantitative estimate of drug-likeness (QED) is 0.824. The Kier molecular flexibility index (Phi) is 3.14. The molecule has 19 heavy (non-hydrogen) atoms. The first-order chi connectivity index (χ1) is 9.18. The van der Waals surface area contributed by atoms with Gasteiger partial charge in [-0.25, -0.2) is 0 Å². The van der Waals surface area contributed by atoms with Crippen molar-refractivity contribution in [1.29, 1.82) is 0 Å². The molecule has 1 amide bonds. The van der Waals surface area contributed by atoms with Crippen LogP contribution < -0.4 is 5.32 Å². The van der Waals surface area contributed by atoms with Gasteiger partial charge in [-0.15, -0.1) is 0 Å². The van der Waals surface area contributed by atoms with Crippen LogP contribution in [0.15, 0.2) is 4.42 Å². The van der Waals surface area contributed by atoms with E-state index in [1.807, 2.05) is 6.92 Å². The van der Waals surface area contributed by atoms with Crippen LogP contribution in [0.5, 0.6) is 0 Å². The van der Waals surface area contributed by atoms with Gasteiger partial charge in [0.15, 0.2) is 11.5 Å². The number of nitrogens with zero attached hydrogens (tertiary/aromatic N) is 1. The number of furan rings is 1. The van der Waals surface area contributed by atoms with E-state index in [1.165, 1.54) is 0 Å². The van der Waals surface area contributed by atoms with Crippen LogP contribution in [0.2, 0.25) is 0 Å². The number of Topliss-reactive ketones (excluding diaryl/α,β-unsaturated/α-hetero) is 1. The largest absolute Gasteiger partial charge is 0.455 e. The Labute approximate surface area is 111 Å². The minimum atomic E-state index is -0.0822.